The highest BCUT2D eigenvalue weighted by Gasteiger charge is 2.48. The van der Waals surface area contributed by atoms with Gasteiger partial charge in [-0.05, 0) is 30.7 Å². The third-order valence-corrected chi connectivity index (χ3v) is 5.39. The molecule has 0 saturated carbocycles. The number of hydrogen-bond donors (Lipinski definition) is 6. The van der Waals surface area contributed by atoms with Gasteiger partial charge in [-0.25, -0.2) is 4.79 Å². The Balaban J connectivity index is 2.23. The lowest BCUT2D eigenvalue weighted by Crippen LogP contribution is -2.61. The van der Waals surface area contributed by atoms with Crippen molar-refractivity contribution >= 4 is 17.8 Å². The summed E-state index contributed by atoms with van der Waals surface area (Å²) in [4.78, 5) is 36.2. The Kier molecular flexibility index (Phi) is 11.1. The zero-order chi connectivity index (χ0) is 27.0. The van der Waals surface area contributed by atoms with E-state index in [1.54, 1.807) is 13.8 Å². The number of esters is 1. The van der Waals surface area contributed by atoms with E-state index in [0.29, 0.717) is 31.1 Å². The summed E-state index contributed by atoms with van der Waals surface area (Å²) >= 11 is 0. The second-order valence-electron chi connectivity index (χ2n) is 9.16. The van der Waals surface area contributed by atoms with E-state index >= 15 is 0 Å². The molecule has 1 heterocycles. The second kappa shape index (κ2) is 13.5. The largest absolute Gasteiger partial charge is 0.479 e. The summed E-state index contributed by atoms with van der Waals surface area (Å²) in [6, 6.07) is 4.66. The third kappa shape index (κ3) is 8.14. The fraction of sp³-hybridized carbons (Fsp3) is 0.625. The van der Waals surface area contributed by atoms with Crippen LogP contribution in [0.3, 0.4) is 0 Å². The van der Waals surface area contributed by atoms with Gasteiger partial charge in [-0.15, -0.1) is 0 Å². The minimum Gasteiger partial charge on any atom is -0.479 e. The predicted octanol–water partition coefficient (Wildman–Crippen LogP) is -0.225. The van der Waals surface area contributed by atoms with Crippen LogP contribution in [0.15, 0.2) is 18.2 Å². The van der Waals surface area contributed by atoms with Crippen molar-refractivity contribution in [1.82, 2.24) is 10.6 Å². The number of ether oxygens (including phenoxy) is 3. The van der Waals surface area contributed by atoms with Crippen molar-refractivity contribution in [2.24, 2.45) is 5.92 Å². The van der Waals surface area contributed by atoms with Gasteiger partial charge in [0.1, 0.15) is 30.7 Å². The molecule has 1 amide bonds. The molecular weight excluding hydrogens is 476 g/mol. The Morgan fingerprint density at radius 3 is 2.33 bits per heavy atom. The Labute approximate surface area is 209 Å². The molecule has 0 unspecified atom stereocenters. The summed E-state index contributed by atoms with van der Waals surface area (Å²) in [6.07, 6.45) is -8.41. The van der Waals surface area contributed by atoms with Gasteiger partial charge in [0.2, 0.25) is 6.29 Å². The summed E-state index contributed by atoms with van der Waals surface area (Å²) in [6.45, 7) is 8.34. The van der Waals surface area contributed by atoms with Crippen LogP contribution in [0.25, 0.3) is 0 Å². The minimum absolute atomic E-state index is 0.0215. The van der Waals surface area contributed by atoms with E-state index in [2.05, 4.69) is 10.6 Å². The maximum absolute atomic E-state index is 13.0. The van der Waals surface area contributed by atoms with Crippen molar-refractivity contribution in [2.45, 2.75) is 77.5 Å². The first-order valence-corrected chi connectivity index (χ1v) is 11.8. The molecule has 0 bridgehead atoms. The Morgan fingerprint density at radius 1 is 1.03 bits per heavy atom. The van der Waals surface area contributed by atoms with Crippen LogP contribution in [-0.2, 0) is 25.7 Å². The van der Waals surface area contributed by atoms with E-state index in [1.165, 1.54) is 18.2 Å². The number of amides is 1. The Bertz CT molecular complexity index is 907. The van der Waals surface area contributed by atoms with Gasteiger partial charge in [0, 0.05) is 12.6 Å². The zero-order valence-corrected chi connectivity index (χ0v) is 20.8. The molecule has 2 rings (SSSR count). The molecule has 5 atom stereocenters. The summed E-state index contributed by atoms with van der Waals surface area (Å²) in [5, 5.41) is 45.5. The second-order valence-corrected chi connectivity index (χ2v) is 9.16. The molecule has 1 aromatic carbocycles. The standard InChI is InChI=1S/C24H36N2O10/c1-12(2)23(33)34-11-14-6-7-16(15(10-14)21(30)26-9-5-8-25-13(3)4)35-24-19(29)17(27)18(28)20(36-24)22(31)32/h6-7,10,12-13,17-20,24-25,27-29H,5,8-9,11H2,1-4H3,(H,26,30)(H,31,32)/t17-,18-,19+,20-,24-/m0/s1. The first-order valence-electron chi connectivity index (χ1n) is 11.8. The van der Waals surface area contributed by atoms with E-state index in [4.69, 9.17) is 14.2 Å². The molecular formula is C24H36N2O10. The lowest BCUT2D eigenvalue weighted by Gasteiger charge is -2.38. The number of nitrogens with one attached hydrogen (secondary N) is 2. The number of aliphatic hydroxyl groups is 3. The van der Waals surface area contributed by atoms with Crippen LogP contribution in [0.2, 0.25) is 0 Å². The molecule has 0 aliphatic carbocycles. The van der Waals surface area contributed by atoms with Crippen LogP contribution >= 0.6 is 0 Å². The average molecular weight is 513 g/mol. The highest BCUT2D eigenvalue weighted by molar-refractivity contribution is 5.97. The number of aliphatic carboxylic acids is 1. The molecule has 6 N–H and O–H groups in total. The van der Waals surface area contributed by atoms with E-state index in [1.807, 2.05) is 13.8 Å². The number of hydrogen-bond acceptors (Lipinski definition) is 10. The number of carboxylic acids is 1. The number of rotatable bonds is 12. The van der Waals surface area contributed by atoms with Crippen LogP contribution < -0.4 is 15.4 Å². The Hall–Kier alpha value is -2.77. The van der Waals surface area contributed by atoms with Gasteiger partial charge >= 0.3 is 11.9 Å². The predicted molar refractivity (Wildman–Crippen MR) is 126 cm³/mol. The zero-order valence-electron chi connectivity index (χ0n) is 20.8. The lowest BCUT2D eigenvalue weighted by atomic mass is 9.99. The number of benzene rings is 1. The third-order valence-electron chi connectivity index (χ3n) is 5.39. The monoisotopic (exact) mass is 512 g/mol. The first kappa shape index (κ1) is 29.5. The quantitative estimate of drug-likeness (QED) is 0.161. The fourth-order valence-corrected chi connectivity index (χ4v) is 3.32. The number of carbonyl (C=O) groups excluding carboxylic acids is 2. The topological polar surface area (TPSA) is 184 Å². The van der Waals surface area contributed by atoms with Crippen molar-refractivity contribution in [3.05, 3.63) is 29.3 Å². The van der Waals surface area contributed by atoms with Crippen molar-refractivity contribution in [3.63, 3.8) is 0 Å². The molecule has 36 heavy (non-hydrogen) atoms. The highest BCUT2D eigenvalue weighted by Crippen LogP contribution is 2.28. The Morgan fingerprint density at radius 2 is 1.72 bits per heavy atom. The molecule has 202 valence electrons. The SMILES string of the molecule is CC(C)NCCCNC(=O)c1cc(COC(=O)C(C)C)ccc1O[C@H]1O[C@H](C(=O)O)[C@@H](O)[C@H](O)[C@H]1O. The van der Waals surface area contributed by atoms with Crippen LogP contribution in [0.5, 0.6) is 5.75 Å². The molecule has 0 radical (unpaired) electrons. The summed E-state index contributed by atoms with van der Waals surface area (Å²) in [5.41, 5.74) is 0.514. The molecule has 1 aromatic rings. The van der Waals surface area contributed by atoms with Crippen molar-refractivity contribution in [1.29, 1.82) is 0 Å². The molecule has 0 spiro atoms. The van der Waals surface area contributed by atoms with Crippen molar-refractivity contribution < 1.29 is 49.0 Å². The number of carbonyl (C=O) groups is 3. The van der Waals surface area contributed by atoms with Gasteiger partial charge in [-0.1, -0.05) is 33.8 Å². The average Bonchev–Trinajstić information content (AvgIpc) is 2.82. The van der Waals surface area contributed by atoms with E-state index in [9.17, 15) is 34.8 Å². The van der Waals surface area contributed by atoms with Crippen molar-refractivity contribution in [2.75, 3.05) is 13.1 Å². The van der Waals surface area contributed by atoms with Gasteiger partial charge < -0.3 is 45.3 Å². The molecule has 12 heteroatoms. The van der Waals surface area contributed by atoms with Gasteiger partial charge in [-0.3, -0.25) is 9.59 Å². The van der Waals surface area contributed by atoms with E-state index < -0.39 is 48.6 Å². The lowest BCUT2D eigenvalue weighted by molar-refractivity contribution is -0.271. The van der Waals surface area contributed by atoms with Gasteiger partial charge in [0.25, 0.3) is 5.91 Å². The highest BCUT2D eigenvalue weighted by atomic mass is 16.7. The summed E-state index contributed by atoms with van der Waals surface area (Å²) in [5.74, 6) is -2.89. The number of carboxylic acid groups (broad SMARTS) is 1. The van der Waals surface area contributed by atoms with Crippen LogP contribution in [0.1, 0.15) is 50.0 Å². The van der Waals surface area contributed by atoms with Crippen LogP contribution in [0, 0.1) is 5.92 Å². The van der Waals surface area contributed by atoms with Gasteiger partial charge in [-0.2, -0.15) is 0 Å². The maximum Gasteiger partial charge on any atom is 0.335 e. The van der Waals surface area contributed by atoms with Gasteiger partial charge in [0.15, 0.2) is 6.10 Å². The van der Waals surface area contributed by atoms with Gasteiger partial charge in [0.05, 0.1) is 11.5 Å². The molecule has 1 fully saturated rings. The molecule has 1 aliphatic heterocycles. The van der Waals surface area contributed by atoms with Crippen LogP contribution in [-0.4, -0.2) is 88.1 Å². The van der Waals surface area contributed by atoms with Crippen LogP contribution in [0.4, 0.5) is 0 Å². The molecule has 0 aromatic heterocycles. The smallest absolute Gasteiger partial charge is 0.335 e. The van der Waals surface area contributed by atoms with E-state index in [0.717, 1.165) is 0 Å². The summed E-state index contributed by atoms with van der Waals surface area (Å²) in [7, 11) is 0. The first-order chi connectivity index (χ1) is 16.9. The van der Waals surface area contributed by atoms with Crippen molar-refractivity contribution in [3.8, 4) is 5.75 Å². The fourth-order valence-electron chi connectivity index (χ4n) is 3.32. The molecule has 1 saturated heterocycles. The maximum atomic E-state index is 13.0. The minimum atomic E-state index is -1.88. The summed E-state index contributed by atoms with van der Waals surface area (Å²) < 4.78 is 16.0. The normalized spacial score (nSPS) is 24.0. The number of aliphatic hydroxyl groups excluding tert-OH is 3. The molecule has 1 aliphatic rings. The molecule has 12 nitrogen and oxygen atoms in total. The van der Waals surface area contributed by atoms with E-state index in [-0.39, 0.29) is 23.8 Å².